The number of amides is 1. The van der Waals surface area contributed by atoms with Crippen LogP contribution >= 0.6 is 0 Å². The van der Waals surface area contributed by atoms with Crippen LogP contribution in [0.25, 0.3) is 22.5 Å². The van der Waals surface area contributed by atoms with E-state index in [2.05, 4.69) is 0 Å². The Labute approximate surface area is 210 Å². The molecule has 1 amide bonds. The first-order valence-corrected chi connectivity index (χ1v) is 12.8. The van der Waals surface area contributed by atoms with E-state index in [0.717, 1.165) is 36.2 Å². The molecule has 0 bridgehead atoms. The molecular formula is C27H33F2N5O2. The van der Waals surface area contributed by atoms with Gasteiger partial charge in [0.15, 0.2) is 6.23 Å². The highest BCUT2D eigenvalue weighted by molar-refractivity contribution is 6.01. The number of carbonyl (C=O) groups excluding carboxylic acids is 1. The highest BCUT2D eigenvalue weighted by atomic mass is 19.3. The molecule has 5 rings (SSSR count). The molecule has 0 spiro atoms. The van der Waals surface area contributed by atoms with Gasteiger partial charge < -0.3 is 9.64 Å². The molecule has 2 saturated heterocycles. The van der Waals surface area contributed by atoms with E-state index < -0.39 is 5.92 Å². The van der Waals surface area contributed by atoms with Crippen LogP contribution in [-0.2, 0) is 4.74 Å². The van der Waals surface area contributed by atoms with Crippen LogP contribution in [0.1, 0.15) is 74.3 Å². The number of piperidine rings is 1. The van der Waals surface area contributed by atoms with Gasteiger partial charge in [-0.15, -0.1) is 0 Å². The fraction of sp³-hybridized carbons (Fsp3) is 0.519. The number of aromatic nitrogens is 4. The van der Waals surface area contributed by atoms with Crippen molar-refractivity contribution in [2.24, 2.45) is 0 Å². The smallest absolute Gasteiger partial charge is 0.254 e. The Morgan fingerprint density at radius 1 is 1.11 bits per heavy atom. The van der Waals surface area contributed by atoms with E-state index in [1.54, 1.807) is 6.07 Å². The molecular weight excluding hydrogens is 464 g/mol. The molecule has 9 heteroatoms. The van der Waals surface area contributed by atoms with Gasteiger partial charge in [-0.25, -0.2) is 13.5 Å². The van der Waals surface area contributed by atoms with E-state index in [1.165, 1.54) is 4.90 Å². The Hall–Kier alpha value is -3.07. The van der Waals surface area contributed by atoms with Crippen LogP contribution in [-0.4, -0.2) is 56.0 Å². The van der Waals surface area contributed by atoms with Gasteiger partial charge in [-0.3, -0.25) is 9.48 Å². The predicted molar refractivity (Wildman–Crippen MR) is 133 cm³/mol. The molecule has 1 unspecified atom stereocenters. The molecule has 0 N–H and O–H groups in total. The Bertz CT molecular complexity index is 1230. The summed E-state index contributed by atoms with van der Waals surface area (Å²) >= 11 is 0. The lowest BCUT2D eigenvalue weighted by molar-refractivity contribution is -0.0494. The Morgan fingerprint density at radius 2 is 1.89 bits per heavy atom. The van der Waals surface area contributed by atoms with Crippen molar-refractivity contribution in [1.29, 1.82) is 0 Å². The monoisotopic (exact) mass is 497 g/mol. The van der Waals surface area contributed by atoms with Crippen LogP contribution in [0.5, 0.6) is 0 Å². The Balaban J connectivity index is 1.56. The van der Waals surface area contributed by atoms with Gasteiger partial charge in [0.05, 0.1) is 17.1 Å². The summed E-state index contributed by atoms with van der Waals surface area (Å²) < 4.78 is 37.3. The molecule has 2 fully saturated rings. The van der Waals surface area contributed by atoms with Crippen molar-refractivity contribution in [3.8, 4) is 22.5 Å². The third kappa shape index (κ3) is 4.93. The summed E-state index contributed by atoms with van der Waals surface area (Å²) in [6.45, 7) is 6.83. The fourth-order valence-corrected chi connectivity index (χ4v) is 4.95. The number of hydrogen-bond donors (Lipinski definition) is 0. The van der Waals surface area contributed by atoms with Crippen LogP contribution < -0.4 is 0 Å². The quantitative estimate of drug-likeness (QED) is 0.442. The van der Waals surface area contributed by atoms with Gasteiger partial charge in [0.2, 0.25) is 0 Å². The zero-order chi connectivity index (χ0) is 25.4. The maximum Gasteiger partial charge on any atom is 0.254 e. The van der Waals surface area contributed by atoms with Crippen LogP contribution in [0.3, 0.4) is 0 Å². The van der Waals surface area contributed by atoms with Gasteiger partial charge >= 0.3 is 0 Å². The van der Waals surface area contributed by atoms with E-state index in [0.29, 0.717) is 23.4 Å². The largest absolute Gasteiger partial charge is 0.356 e. The van der Waals surface area contributed by atoms with Gasteiger partial charge in [0.25, 0.3) is 11.8 Å². The number of hydrogen-bond acceptors (Lipinski definition) is 4. The lowest BCUT2D eigenvalue weighted by Crippen LogP contribution is -2.42. The van der Waals surface area contributed by atoms with E-state index in [9.17, 15) is 13.6 Å². The molecule has 7 nitrogen and oxygen atoms in total. The molecule has 1 atom stereocenters. The summed E-state index contributed by atoms with van der Waals surface area (Å²) in [6, 6.07) is 9.75. The molecule has 2 aliphatic heterocycles. The van der Waals surface area contributed by atoms with E-state index in [-0.39, 0.29) is 44.1 Å². The maximum absolute atomic E-state index is 13.7. The second-order valence-electron chi connectivity index (χ2n) is 10.1. The van der Waals surface area contributed by atoms with Gasteiger partial charge in [-0.2, -0.15) is 10.2 Å². The zero-order valence-electron chi connectivity index (χ0n) is 21.1. The number of alkyl halides is 2. The highest BCUT2D eigenvalue weighted by Crippen LogP contribution is 2.35. The lowest BCUT2D eigenvalue weighted by Gasteiger charge is -2.32. The van der Waals surface area contributed by atoms with Crippen LogP contribution in [0.4, 0.5) is 8.78 Å². The van der Waals surface area contributed by atoms with Crippen molar-refractivity contribution < 1.29 is 18.3 Å². The molecule has 36 heavy (non-hydrogen) atoms. The number of likely N-dealkylation sites (tertiary alicyclic amines) is 1. The number of halogens is 2. The number of nitrogens with zero attached hydrogens (tertiary/aromatic N) is 5. The number of rotatable bonds is 5. The summed E-state index contributed by atoms with van der Waals surface area (Å²) in [6.07, 6.45) is 4.18. The second-order valence-corrected chi connectivity index (χ2v) is 10.1. The average molecular weight is 498 g/mol. The van der Waals surface area contributed by atoms with Crippen molar-refractivity contribution >= 4 is 5.91 Å². The topological polar surface area (TPSA) is 65.2 Å². The molecule has 0 radical (unpaired) electrons. The minimum Gasteiger partial charge on any atom is -0.356 e. The zero-order valence-corrected chi connectivity index (χ0v) is 21.1. The summed E-state index contributed by atoms with van der Waals surface area (Å²) in [7, 11) is 0. The van der Waals surface area contributed by atoms with Crippen molar-refractivity contribution in [2.45, 2.75) is 71.1 Å². The van der Waals surface area contributed by atoms with E-state index in [4.69, 9.17) is 14.9 Å². The number of aryl methyl sites for hydroxylation is 1. The molecule has 1 aromatic carbocycles. The van der Waals surface area contributed by atoms with E-state index in [1.807, 2.05) is 60.6 Å². The van der Waals surface area contributed by atoms with Crippen molar-refractivity contribution in [1.82, 2.24) is 24.5 Å². The minimum absolute atomic E-state index is 0.0401. The molecule has 192 valence electrons. The first kappa shape index (κ1) is 24.6. The maximum atomic E-state index is 13.7. The minimum atomic E-state index is -2.71. The van der Waals surface area contributed by atoms with Gasteiger partial charge in [0, 0.05) is 61.5 Å². The summed E-state index contributed by atoms with van der Waals surface area (Å²) in [4.78, 5) is 15.0. The SMILES string of the molecule is Cc1cc(-c2ccc(C(=O)N3CCC(F)(F)CC3)c(-c3ccn(C(C)C)n3)c2)n(C2CCCCO2)n1. The van der Waals surface area contributed by atoms with E-state index >= 15 is 0 Å². The van der Waals surface area contributed by atoms with Gasteiger partial charge in [-0.1, -0.05) is 6.07 Å². The van der Waals surface area contributed by atoms with Crippen molar-refractivity contribution in [3.05, 3.63) is 47.8 Å². The fourth-order valence-electron chi connectivity index (χ4n) is 4.95. The molecule has 2 aromatic heterocycles. The summed E-state index contributed by atoms with van der Waals surface area (Å²) in [5.74, 6) is -2.96. The number of benzene rings is 1. The molecule has 0 saturated carbocycles. The van der Waals surface area contributed by atoms with Crippen molar-refractivity contribution in [2.75, 3.05) is 19.7 Å². The molecule has 0 aliphatic carbocycles. The summed E-state index contributed by atoms with van der Waals surface area (Å²) in [5.41, 5.74) is 4.53. The first-order chi connectivity index (χ1) is 17.2. The van der Waals surface area contributed by atoms with Crippen LogP contribution in [0, 0.1) is 6.92 Å². The first-order valence-electron chi connectivity index (χ1n) is 12.8. The average Bonchev–Trinajstić information content (AvgIpc) is 3.51. The van der Waals surface area contributed by atoms with Crippen LogP contribution in [0.2, 0.25) is 0 Å². The lowest BCUT2D eigenvalue weighted by atomic mass is 9.97. The summed E-state index contributed by atoms with van der Waals surface area (Å²) in [5, 5.41) is 9.43. The Morgan fingerprint density at radius 3 is 2.56 bits per heavy atom. The van der Waals surface area contributed by atoms with Crippen LogP contribution in [0.15, 0.2) is 36.5 Å². The Kier molecular flexibility index (Phi) is 6.68. The molecule has 3 aromatic rings. The highest BCUT2D eigenvalue weighted by Gasteiger charge is 2.36. The molecule has 4 heterocycles. The third-order valence-corrected chi connectivity index (χ3v) is 7.03. The van der Waals surface area contributed by atoms with Gasteiger partial charge in [0.1, 0.15) is 0 Å². The number of ether oxygens (including phenoxy) is 1. The molecule has 2 aliphatic rings. The number of carbonyl (C=O) groups is 1. The third-order valence-electron chi connectivity index (χ3n) is 7.03. The van der Waals surface area contributed by atoms with Gasteiger partial charge in [-0.05, 0) is 64.3 Å². The second kappa shape index (κ2) is 9.76. The standard InChI is InChI=1S/C27H33F2N5O2/c1-18(2)33-12-9-23(31-33)22-17-20(24-16-19(3)30-34(24)25-6-4-5-15-36-25)7-8-21(22)26(35)32-13-10-27(28,29)11-14-32/h7-9,12,16-18,25H,4-6,10-11,13-15H2,1-3H3. The predicted octanol–water partition coefficient (Wildman–Crippen LogP) is 5.87. The normalized spacial score (nSPS) is 20.2. The van der Waals surface area contributed by atoms with Crippen molar-refractivity contribution in [3.63, 3.8) is 0 Å².